The number of rotatable bonds is 0. The van der Waals surface area contributed by atoms with Gasteiger partial charge in [0.05, 0.1) is 0 Å². The molecule has 1 aromatic carbocycles. The summed E-state index contributed by atoms with van der Waals surface area (Å²) >= 11 is 0. The van der Waals surface area contributed by atoms with Gasteiger partial charge >= 0.3 is 0 Å². The lowest BCUT2D eigenvalue weighted by Crippen LogP contribution is -2.44. The Morgan fingerprint density at radius 2 is 2.27 bits per heavy atom. The predicted molar refractivity (Wildman–Crippen MR) is 58.7 cm³/mol. The van der Waals surface area contributed by atoms with E-state index in [2.05, 4.69) is 11.8 Å². The lowest BCUT2D eigenvalue weighted by Gasteiger charge is -2.35. The van der Waals surface area contributed by atoms with Crippen molar-refractivity contribution in [1.29, 1.82) is 0 Å². The van der Waals surface area contributed by atoms with Crippen LogP contribution in [0.2, 0.25) is 0 Å². The van der Waals surface area contributed by atoms with Crippen LogP contribution in [-0.2, 0) is 6.42 Å². The summed E-state index contributed by atoms with van der Waals surface area (Å²) in [6.45, 7) is 3.92. The highest BCUT2D eigenvalue weighted by molar-refractivity contribution is 5.66. The Hall–Kier alpha value is -1.09. The highest BCUT2D eigenvalue weighted by atomic mass is 19.1. The fourth-order valence-electron chi connectivity index (χ4n) is 2.79. The summed E-state index contributed by atoms with van der Waals surface area (Å²) in [5.41, 5.74) is 9.33. The van der Waals surface area contributed by atoms with Gasteiger partial charge in [0.15, 0.2) is 0 Å². The van der Waals surface area contributed by atoms with Crippen molar-refractivity contribution in [2.24, 2.45) is 5.73 Å². The first-order valence-electron chi connectivity index (χ1n) is 5.50. The van der Waals surface area contributed by atoms with E-state index in [0.717, 1.165) is 30.8 Å². The van der Waals surface area contributed by atoms with E-state index in [1.54, 1.807) is 6.07 Å². The van der Waals surface area contributed by atoms with E-state index in [1.165, 1.54) is 5.56 Å². The van der Waals surface area contributed by atoms with Crippen LogP contribution in [0.15, 0.2) is 12.1 Å². The fraction of sp³-hybridized carbons (Fsp3) is 0.500. The summed E-state index contributed by atoms with van der Waals surface area (Å²) in [6.07, 6.45) is 0.828. The zero-order chi connectivity index (χ0) is 10.6. The predicted octanol–water partition coefficient (Wildman–Crippen LogP) is 1.63. The molecule has 0 fully saturated rings. The Labute approximate surface area is 88.9 Å². The number of hydrogen-bond acceptors (Lipinski definition) is 2. The van der Waals surface area contributed by atoms with E-state index in [1.807, 2.05) is 6.07 Å². The largest absolute Gasteiger partial charge is 0.369 e. The molecule has 2 aliphatic rings. The monoisotopic (exact) mass is 206 g/mol. The molecule has 0 spiro atoms. The standard InChI is InChI=1S/C12H15FN2/c1-7-8-2-3-10(13)9-4-5-15(12(8)9)6-11(7)14/h2-3,7,11H,4-6,14H2,1H3. The van der Waals surface area contributed by atoms with Crippen molar-refractivity contribution in [3.63, 3.8) is 0 Å². The van der Waals surface area contributed by atoms with Gasteiger partial charge in [0.25, 0.3) is 0 Å². The minimum Gasteiger partial charge on any atom is -0.369 e. The minimum atomic E-state index is -0.0566. The molecule has 0 radical (unpaired) electrons. The van der Waals surface area contributed by atoms with Crippen LogP contribution in [0.1, 0.15) is 24.0 Å². The third-order valence-electron chi connectivity index (χ3n) is 3.77. The SMILES string of the molecule is CC1c2ccc(F)c3c2N(CC3)CC1N. The molecule has 3 rings (SSSR count). The maximum Gasteiger partial charge on any atom is 0.128 e. The van der Waals surface area contributed by atoms with E-state index in [4.69, 9.17) is 5.73 Å². The van der Waals surface area contributed by atoms with E-state index in [-0.39, 0.29) is 11.9 Å². The summed E-state index contributed by atoms with van der Waals surface area (Å²) < 4.78 is 13.6. The Morgan fingerprint density at radius 1 is 1.47 bits per heavy atom. The zero-order valence-corrected chi connectivity index (χ0v) is 8.83. The van der Waals surface area contributed by atoms with Gasteiger partial charge in [-0.3, -0.25) is 0 Å². The zero-order valence-electron chi connectivity index (χ0n) is 8.83. The van der Waals surface area contributed by atoms with Crippen molar-refractivity contribution in [2.75, 3.05) is 18.0 Å². The third kappa shape index (κ3) is 1.13. The summed E-state index contributed by atoms with van der Waals surface area (Å²) in [4.78, 5) is 2.23. The molecule has 2 atom stereocenters. The number of nitrogens with zero attached hydrogens (tertiary/aromatic N) is 1. The molecular formula is C12H15FN2. The van der Waals surface area contributed by atoms with Crippen molar-refractivity contribution in [3.8, 4) is 0 Å². The summed E-state index contributed by atoms with van der Waals surface area (Å²) in [5.74, 6) is 0.285. The molecule has 2 N–H and O–H groups in total. The summed E-state index contributed by atoms with van der Waals surface area (Å²) in [7, 11) is 0. The van der Waals surface area contributed by atoms with E-state index in [9.17, 15) is 4.39 Å². The second kappa shape index (κ2) is 2.95. The molecule has 2 aliphatic heterocycles. The maximum absolute atomic E-state index is 13.6. The highest BCUT2D eigenvalue weighted by Crippen LogP contribution is 2.41. The summed E-state index contributed by atoms with van der Waals surface area (Å²) in [5, 5.41) is 0. The highest BCUT2D eigenvalue weighted by Gasteiger charge is 2.34. The topological polar surface area (TPSA) is 29.3 Å². The maximum atomic E-state index is 13.6. The fourth-order valence-corrected chi connectivity index (χ4v) is 2.79. The molecule has 0 saturated heterocycles. The van der Waals surface area contributed by atoms with Crippen LogP contribution < -0.4 is 10.6 Å². The Balaban J connectivity index is 2.22. The van der Waals surface area contributed by atoms with E-state index < -0.39 is 0 Å². The van der Waals surface area contributed by atoms with Crippen LogP contribution in [0.3, 0.4) is 0 Å². The van der Waals surface area contributed by atoms with Gasteiger partial charge in [-0.05, 0) is 24.0 Å². The Bertz CT molecular complexity index is 416. The van der Waals surface area contributed by atoms with Gasteiger partial charge in [0.2, 0.25) is 0 Å². The molecule has 0 amide bonds. The normalized spacial score (nSPS) is 28.1. The number of halogens is 1. The van der Waals surface area contributed by atoms with Crippen LogP contribution in [0.4, 0.5) is 10.1 Å². The number of benzene rings is 1. The minimum absolute atomic E-state index is 0.0566. The smallest absolute Gasteiger partial charge is 0.128 e. The quantitative estimate of drug-likeness (QED) is 0.699. The van der Waals surface area contributed by atoms with Crippen molar-refractivity contribution < 1.29 is 4.39 Å². The average Bonchev–Trinajstić information content (AvgIpc) is 2.62. The van der Waals surface area contributed by atoms with Crippen LogP contribution >= 0.6 is 0 Å². The molecule has 0 bridgehead atoms. The third-order valence-corrected chi connectivity index (χ3v) is 3.77. The van der Waals surface area contributed by atoms with Gasteiger partial charge in [-0.1, -0.05) is 13.0 Å². The number of anilines is 1. The van der Waals surface area contributed by atoms with Gasteiger partial charge in [0, 0.05) is 30.4 Å². The van der Waals surface area contributed by atoms with Gasteiger partial charge in [0.1, 0.15) is 5.82 Å². The lowest BCUT2D eigenvalue weighted by molar-refractivity contribution is 0.532. The average molecular weight is 206 g/mol. The van der Waals surface area contributed by atoms with Crippen molar-refractivity contribution in [3.05, 3.63) is 29.1 Å². The van der Waals surface area contributed by atoms with Crippen molar-refractivity contribution in [2.45, 2.75) is 25.3 Å². The molecule has 0 aromatic heterocycles. The van der Waals surface area contributed by atoms with Crippen LogP contribution in [0.25, 0.3) is 0 Å². The van der Waals surface area contributed by atoms with E-state index in [0.29, 0.717) is 5.92 Å². The second-order valence-corrected chi connectivity index (χ2v) is 4.61. The lowest BCUT2D eigenvalue weighted by atomic mass is 9.87. The molecule has 15 heavy (non-hydrogen) atoms. The van der Waals surface area contributed by atoms with Crippen LogP contribution in [-0.4, -0.2) is 19.1 Å². The van der Waals surface area contributed by atoms with Gasteiger partial charge in [-0.25, -0.2) is 4.39 Å². The van der Waals surface area contributed by atoms with Gasteiger partial charge < -0.3 is 10.6 Å². The molecule has 3 heteroatoms. The van der Waals surface area contributed by atoms with E-state index >= 15 is 0 Å². The first-order chi connectivity index (χ1) is 7.18. The first kappa shape index (κ1) is 9.16. The first-order valence-corrected chi connectivity index (χ1v) is 5.50. The molecule has 80 valence electrons. The molecule has 0 aliphatic carbocycles. The van der Waals surface area contributed by atoms with Crippen molar-refractivity contribution in [1.82, 2.24) is 0 Å². The van der Waals surface area contributed by atoms with Crippen LogP contribution in [0.5, 0.6) is 0 Å². The molecule has 1 aromatic rings. The Morgan fingerprint density at radius 3 is 3.07 bits per heavy atom. The van der Waals surface area contributed by atoms with Gasteiger partial charge in [-0.2, -0.15) is 0 Å². The number of hydrogen-bond donors (Lipinski definition) is 1. The number of nitrogens with two attached hydrogens (primary N) is 1. The summed E-state index contributed by atoms with van der Waals surface area (Å²) in [6, 6.07) is 3.66. The molecular weight excluding hydrogens is 191 g/mol. The molecule has 0 saturated carbocycles. The van der Waals surface area contributed by atoms with Crippen LogP contribution in [0, 0.1) is 5.82 Å². The molecule has 2 nitrogen and oxygen atoms in total. The second-order valence-electron chi connectivity index (χ2n) is 4.61. The molecule has 2 heterocycles. The Kier molecular flexibility index (Phi) is 1.80. The van der Waals surface area contributed by atoms with Gasteiger partial charge in [-0.15, -0.1) is 0 Å². The van der Waals surface area contributed by atoms with Crippen molar-refractivity contribution >= 4 is 5.69 Å². The molecule has 2 unspecified atom stereocenters.